The van der Waals surface area contributed by atoms with Crippen LogP contribution in [0, 0.1) is 5.92 Å². The zero-order valence-corrected chi connectivity index (χ0v) is 12.8. The molecule has 22 heavy (non-hydrogen) atoms. The van der Waals surface area contributed by atoms with Crippen LogP contribution in [-0.2, 0) is 14.3 Å². The highest BCUT2D eigenvalue weighted by Crippen LogP contribution is 2.18. The van der Waals surface area contributed by atoms with Crippen molar-refractivity contribution in [1.82, 2.24) is 4.90 Å². The first-order chi connectivity index (χ1) is 10.6. The van der Waals surface area contributed by atoms with E-state index in [2.05, 4.69) is 5.32 Å². The molecule has 0 aromatic heterocycles. The summed E-state index contributed by atoms with van der Waals surface area (Å²) in [6, 6.07) is 8.58. The molecule has 0 spiro atoms. The molecule has 120 valence electrons. The number of hydrogen-bond acceptors (Lipinski definition) is 4. The Morgan fingerprint density at radius 2 is 1.95 bits per heavy atom. The summed E-state index contributed by atoms with van der Waals surface area (Å²) in [4.78, 5) is 25.7. The Morgan fingerprint density at radius 1 is 1.32 bits per heavy atom. The third-order valence-electron chi connectivity index (χ3n) is 3.87. The largest absolute Gasteiger partial charge is 0.381 e. The normalized spacial score (nSPS) is 16.8. The molecule has 0 saturated carbocycles. The monoisotopic (exact) mass is 305 g/mol. The Bertz CT molecular complexity index is 501. The summed E-state index contributed by atoms with van der Waals surface area (Å²) in [5.74, 6) is -0.308. The number of rotatable bonds is 5. The topological polar surface area (TPSA) is 84.7 Å². The van der Waals surface area contributed by atoms with Crippen LogP contribution >= 0.6 is 0 Å². The maximum atomic E-state index is 12.3. The van der Waals surface area contributed by atoms with Gasteiger partial charge in [-0.25, -0.2) is 0 Å². The van der Waals surface area contributed by atoms with E-state index in [1.165, 1.54) is 4.90 Å². The highest BCUT2D eigenvalue weighted by atomic mass is 16.5. The van der Waals surface area contributed by atoms with Crippen LogP contribution in [0.15, 0.2) is 30.3 Å². The molecule has 1 heterocycles. The Kier molecular flexibility index (Phi) is 5.91. The molecule has 1 atom stereocenters. The summed E-state index contributed by atoms with van der Waals surface area (Å²) in [6.07, 6.45) is 1.58. The van der Waals surface area contributed by atoms with Gasteiger partial charge in [0.05, 0.1) is 12.6 Å². The third kappa shape index (κ3) is 4.54. The average molecular weight is 305 g/mol. The third-order valence-corrected chi connectivity index (χ3v) is 3.87. The quantitative estimate of drug-likeness (QED) is 0.844. The van der Waals surface area contributed by atoms with Crippen molar-refractivity contribution in [2.75, 3.05) is 32.1 Å². The van der Waals surface area contributed by atoms with E-state index in [0.29, 0.717) is 18.9 Å². The van der Waals surface area contributed by atoms with Crippen molar-refractivity contribution >= 4 is 17.5 Å². The minimum atomic E-state index is -0.571. The van der Waals surface area contributed by atoms with Crippen molar-refractivity contribution in [1.29, 1.82) is 0 Å². The minimum Gasteiger partial charge on any atom is -0.381 e. The first-order valence-electron chi connectivity index (χ1n) is 7.51. The molecule has 1 aliphatic heterocycles. The minimum absolute atomic E-state index is 0.00928. The zero-order chi connectivity index (χ0) is 15.9. The van der Waals surface area contributed by atoms with E-state index in [1.807, 2.05) is 18.2 Å². The fourth-order valence-electron chi connectivity index (χ4n) is 2.55. The SMILES string of the molecule is CN(CC(=O)Nc1ccccc1)C(=O)C(N)C1CCOCC1. The van der Waals surface area contributed by atoms with Gasteiger partial charge in [0, 0.05) is 25.9 Å². The zero-order valence-electron chi connectivity index (χ0n) is 12.8. The number of carbonyl (C=O) groups excluding carboxylic acids is 2. The Balaban J connectivity index is 1.83. The molecule has 1 aromatic carbocycles. The summed E-state index contributed by atoms with van der Waals surface area (Å²) in [6.45, 7) is 1.28. The molecule has 1 unspecified atom stereocenters. The number of amides is 2. The van der Waals surface area contributed by atoms with E-state index >= 15 is 0 Å². The fourth-order valence-corrected chi connectivity index (χ4v) is 2.55. The van der Waals surface area contributed by atoms with Crippen LogP contribution in [0.2, 0.25) is 0 Å². The van der Waals surface area contributed by atoms with E-state index in [1.54, 1.807) is 19.2 Å². The lowest BCUT2D eigenvalue weighted by molar-refractivity contribution is -0.136. The molecular weight excluding hydrogens is 282 g/mol. The second-order valence-electron chi connectivity index (χ2n) is 5.58. The smallest absolute Gasteiger partial charge is 0.243 e. The molecular formula is C16H23N3O3. The van der Waals surface area contributed by atoms with Crippen LogP contribution in [0.3, 0.4) is 0 Å². The van der Waals surface area contributed by atoms with E-state index < -0.39 is 6.04 Å². The highest BCUT2D eigenvalue weighted by molar-refractivity contribution is 5.95. The van der Waals surface area contributed by atoms with Crippen LogP contribution in [0.5, 0.6) is 0 Å². The molecule has 3 N–H and O–H groups in total. The van der Waals surface area contributed by atoms with E-state index in [4.69, 9.17) is 10.5 Å². The lowest BCUT2D eigenvalue weighted by atomic mass is 9.91. The number of benzene rings is 1. The molecule has 0 aliphatic carbocycles. The first kappa shape index (κ1) is 16.5. The van der Waals surface area contributed by atoms with Gasteiger partial charge in [0.15, 0.2) is 0 Å². The van der Waals surface area contributed by atoms with Gasteiger partial charge in [0.25, 0.3) is 0 Å². The molecule has 6 nitrogen and oxygen atoms in total. The maximum Gasteiger partial charge on any atom is 0.243 e. The van der Waals surface area contributed by atoms with Gasteiger partial charge in [-0.2, -0.15) is 0 Å². The number of carbonyl (C=O) groups is 2. The molecule has 0 radical (unpaired) electrons. The Labute approximate surface area is 130 Å². The van der Waals surface area contributed by atoms with Gasteiger partial charge >= 0.3 is 0 Å². The van der Waals surface area contributed by atoms with Crippen molar-refractivity contribution in [2.24, 2.45) is 11.7 Å². The summed E-state index contributed by atoms with van der Waals surface area (Å²) in [5, 5.41) is 2.75. The second kappa shape index (κ2) is 7.91. The molecule has 1 fully saturated rings. The van der Waals surface area contributed by atoms with Gasteiger partial charge in [0.2, 0.25) is 11.8 Å². The first-order valence-corrected chi connectivity index (χ1v) is 7.51. The van der Waals surface area contributed by atoms with Gasteiger partial charge in [-0.15, -0.1) is 0 Å². The van der Waals surface area contributed by atoms with Crippen LogP contribution < -0.4 is 11.1 Å². The Hall–Kier alpha value is -1.92. The maximum absolute atomic E-state index is 12.3. The molecule has 2 rings (SSSR count). The molecule has 1 aromatic rings. The van der Waals surface area contributed by atoms with Gasteiger partial charge < -0.3 is 20.7 Å². The molecule has 0 bridgehead atoms. The van der Waals surface area contributed by atoms with Gasteiger partial charge in [-0.3, -0.25) is 9.59 Å². The Morgan fingerprint density at radius 3 is 2.59 bits per heavy atom. The number of ether oxygens (including phenoxy) is 1. The molecule has 1 saturated heterocycles. The van der Waals surface area contributed by atoms with Crippen molar-refractivity contribution in [2.45, 2.75) is 18.9 Å². The van der Waals surface area contributed by atoms with Crippen LogP contribution in [0.25, 0.3) is 0 Å². The summed E-state index contributed by atoms with van der Waals surface area (Å²) in [5.41, 5.74) is 6.75. The van der Waals surface area contributed by atoms with Crippen LogP contribution in [-0.4, -0.2) is 49.6 Å². The summed E-state index contributed by atoms with van der Waals surface area (Å²) < 4.78 is 5.28. The number of nitrogens with two attached hydrogens (primary N) is 1. The van der Waals surface area contributed by atoms with E-state index in [0.717, 1.165) is 12.8 Å². The summed E-state index contributed by atoms with van der Waals surface area (Å²) in [7, 11) is 1.60. The van der Waals surface area contributed by atoms with E-state index in [9.17, 15) is 9.59 Å². The second-order valence-corrected chi connectivity index (χ2v) is 5.58. The highest BCUT2D eigenvalue weighted by Gasteiger charge is 2.29. The van der Waals surface area contributed by atoms with E-state index in [-0.39, 0.29) is 24.3 Å². The lowest BCUT2D eigenvalue weighted by Gasteiger charge is -2.29. The number of likely N-dealkylation sites (N-methyl/N-ethyl adjacent to an activating group) is 1. The molecule has 2 amide bonds. The molecule has 1 aliphatic rings. The number of para-hydroxylation sites is 1. The average Bonchev–Trinajstić information content (AvgIpc) is 2.55. The van der Waals surface area contributed by atoms with Crippen LogP contribution in [0.1, 0.15) is 12.8 Å². The number of anilines is 1. The van der Waals surface area contributed by atoms with Crippen molar-refractivity contribution in [3.8, 4) is 0 Å². The van der Waals surface area contributed by atoms with Crippen molar-refractivity contribution in [3.63, 3.8) is 0 Å². The van der Waals surface area contributed by atoms with Gasteiger partial charge in [-0.1, -0.05) is 18.2 Å². The predicted octanol–water partition coefficient (Wildman–Crippen LogP) is 0.837. The van der Waals surface area contributed by atoms with Gasteiger partial charge in [0.1, 0.15) is 0 Å². The van der Waals surface area contributed by atoms with Crippen LogP contribution in [0.4, 0.5) is 5.69 Å². The predicted molar refractivity (Wildman–Crippen MR) is 84.2 cm³/mol. The number of hydrogen-bond donors (Lipinski definition) is 2. The fraction of sp³-hybridized carbons (Fsp3) is 0.500. The number of nitrogens with one attached hydrogen (secondary N) is 1. The summed E-state index contributed by atoms with van der Waals surface area (Å²) >= 11 is 0. The standard InChI is InChI=1S/C16H23N3O3/c1-19(11-14(20)18-13-5-3-2-4-6-13)16(21)15(17)12-7-9-22-10-8-12/h2-6,12,15H,7-11,17H2,1H3,(H,18,20). The molecule has 6 heteroatoms. The van der Waals surface area contributed by atoms with Crippen molar-refractivity contribution < 1.29 is 14.3 Å². The van der Waals surface area contributed by atoms with Crippen molar-refractivity contribution in [3.05, 3.63) is 30.3 Å². The lowest BCUT2D eigenvalue weighted by Crippen LogP contribution is -2.49. The van der Waals surface area contributed by atoms with Gasteiger partial charge in [-0.05, 0) is 30.9 Å². The number of nitrogens with zero attached hydrogens (tertiary/aromatic N) is 1.